The average molecular weight is 239 g/mol. The number of anilines is 1. The summed E-state index contributed by atoms with van der Waals surface area (Å²) in [6.45, 7) is 0. The standard InChI is InChI=1S/C12H15ClN2O/c13-10-5-6-11(14-8-10)15-12(16)7-9-3-1-2-4-9/h5-6,8-9H,1-4,7H2,(H,14,15,16). The van der Waals surface area contributed by atoms with Crippen LogP contribution in [0.3, 0.4) is 0 Å². The molecule has 0 unspecified atom stereocenters. The van der Waals surface area contributed by atoms with Crippen LogP contribution in [0, 0.1) is 5.92 Å². The van der Waals surface area contributed by atoms with Crippen LogP contribution in [0.25, 0.3) is 0 Å². The summed E-state index contributed by atoms with van der Waals surface area (Å²) in [5, 5.41) is 3.36. The molecule has 1 N–H and O–H groups in total. The third-order valence-electron chi connectivity index (χ3n) is 2.94. The van der Waals surface area contributed by atoms with Gasteiger partial charge in [-0.15, -0.1) is 0 Å². The van der Waals surface area contributed by atoms with Gasteiger partial charge in [0.25, 0.3) is 0 Å². The van der Waals surface area contributed by atoms with E-state index in [1.165, 1.54) is 31.9 Å². The number of hydrogen-bond acceptors (Lipinski definition) is 2. The number of nitrogens with one attached hydrogen (secondary N) is 1. The van der Waals surface area contributed by atoms with Gasteiger partial charge in [0, 0.05) is 12.6 Å². The van der Waals surface area contributed by atoms with Crippen LogP contribution < -0.4 is 5.32 Å². The summed E-state index contributed by atoms with van der Waals surface area (Å²) in [5.74, 6) is 1.20. The Morgan fingerprint density at radius 2 is 2.19 bits per heavy atom. The van der Waals surface area contributed by atoms with E-state index in [4.69, 9.17) is 11.6 Å². The minimum Gasteiger partial charge on any atom is -0.311 e. The summed E-state index contributed by atoms with van der Waals surface area (Å²) in [4.78, 5) is 15.7. The molecule has 0 bridgehead atoms. The largest absolute Gasteiger partial charge is 0.311 e. The van der Waals surface area contributed by atoms with Gasteiger partial charge in [0.15, 0.2) is 0 Å². The summed E-state index contributed by atoms with van der Waals surface area (Å²) >= 11 is 5.71. The van der Waals surface area contributed by atoms with Crippen molar-refractivity contribution in [3.63, 3.8) is 0 Å². The number of halogens is 1. The molecule has 0 atom stereocenters. The molecule has 1 aliphatic carbocycles. The van der Waals surface area contributed by atoms with Gasteiger partial charge >= 0.3 is 0 Å². The molecule has 0 radical (unpaired) electrons. The van der Waals surface area contributed by atoms with Crippen molar-refractivity contribution in [1.82, 2.24) is 4.98 Å². The predicted octanol–water partition coefficient (Wildman–Crippen LogP) is 3.25. The number of carbonyl (C=O) groups excluding carboxylic acids is 1. The van der Waals surface area contributed by atoms with E-state index < -0.39 is 0 Å². The maximum absolute atomic E-state index is 11.7. The van der Waals surface area contributed by atoms with Gasteiger partial charge in [0.2, 0.25) is 5.91 Å². The zero-order chi connectivity index (χ0) is 11.4. The minimum atomic E-state index is 0.0572. The lowest BCUT2D eigenvalue weighted by atomic mass is 10.0. The average Bonchev–Trinajstić information content (AvgIpc) is 2.74. The van der Waals surface area contributed by atoms with Gasteiger partial charge in [-0.2, -0.15) is 0 Å². The topological polar surface area (TPSA) is 42.0 Å². The fourth-order valence-corrected chi connectivity index (χ4v) is 2.23. The highest BCUT2D eigenvalue weighted by molar-refractivity contribution is 6.30. The first kappa shape index (κ1) is 11.4. The highest BCUT2D eigenvalue weighted by Crippen LogP contribution is 2.27. The molecule has 0 aliphatic heterocycles. The van der Waals surface area contributed by atoms with Crippen LogP contribution in [0.5, 0.6) is 0 Å². The molecule has 4 heteroatoms. The number of carbonyl (C=O) groups is 1. The molecule has 3 nitrogen and oxygen atoms in total. The second kappa shape index (κ2) is 5.30. The fraction of sp³-hybridized carbons (Fsp3) is 0.500. The van der Waals surface area contributed by atoms with Crippen molar-refractivity contribution in [1.29, 1.82) is 0 Å². The zero-order valence-corrected chi connectivity index (χ0v) is 9.83. The van der Waals surface area contributed by atoms with Crippen LogP contribution in [0.15, 0.2) is 18.3 Å². The Labute approximate surface area is 100 Å². The highest BCUT2D eigenvalue weighted by atomic mass is 35.5. The predicted molar refractivity (Wildman–Crippen MR) is 64.5 cm³/mol. The number of nitrogens with zero attached hydrogens (tertiary/aromatic N) is 1. The van der Waals surface area contributed by atoms with E-state index in [-0.39, 0.29) is 5.91 Å². The number of hydrogen-bond donors (Lipinski definition) is 1. The van der Waals surface area contributed by atoms with Gasteiger partial charge < -0.3 is 5.32 Å². The molecule has 0 aromatic carbocycles. The summed E-state index contributed by atoms with van der Waals surface area (Å²) in [5.41, 5.74) is 0. The monoisotopic (exact) mass is 238 g/mol. The normalized spacial score (nSPS) is 16.3. The Kier molecular flexibility index (Phi) is 3.78. The van der Waals surface area contributed by atoms with Gasteiger partial charge in [-0.1, -0.05) is 24.4 Å². The van der Waals surface area contributed by atoms with E-state index in [9.17, 15) is 4.79 Å². The van der Waals surface area contributed by atoms with Crippen LogP contribution in [0.2, 0.25) is 5.02 Å². The van der Waals surface area contributed by atoms with Gasteiger partial charge in [-0.05, 0) is 30.9 Å². The summed E-state index contributed by atoms with van der Waals surface area (Å²) in [7, 11) is 0. The summed E-state index contributed by atoms with van der Waals surface area (Å²) in [6.07, 6.45) is 7.04. The second-order valence-electron chi connectivity index (χ2n) is 4.26. The first-order valence-corrected chi connectivity index (χ1v) is 6.03. The van der Waals surface area contributed by atoms with E-state index >= 15 is 0 Å². The van der Waals surface area contributed by atoms with E-state index in [1.54, 1.807) is 12.1 Å². The second-order valence-corrected chi connectivity index (χ2v) is 4.70. The lowest BCUT2D eigenvalue weighted by Crippen LogP contribution is -2.15. The third kappa shape index (κ3) is 3.20. The third-order valence-corrected chi connectivity index (χ3v) is 3.17. The SMILES string of the molecule is O=C(CC1CCCC1)Nc1ccc(Cl)cn1. The Hall–Kier alpha value is -1.09. The highest BCUT2D eigenvalue weighted by Gasteiger charge is 2.18. The Balaban J connectivity index is 1.84. The van der Waals surface area contributed by atoms with Gasteiger partial charge in [-0.25, -0.2) is 4.98 Å². The molecule has 1 aliphatic rings. The zero-order valence-electron chi connectivity index (χ0n) is 9.08. The Morgan fingerprint density at radius 1 is 1.44 bits per heavy atom. The van der Waals surface area contributed by atoms with Crippen molar-refractivity contribution in [2.24, 2.45) is 5.92 Å². The van der Waals surface area contributed by atoms with Crippen LogP contribution >= 0.6 is 11.6 Å². The molecular weight excluding hydrogens is 224 g/mol. The van der Waals surface area contributed by atoms with Crippen molar-refractivity contribution < 1.29 is 4.79 Å². The van der Waals surface area contributed by atoms with E-state index in [1.807, 2.05) is 0 Å². The summed E-state index contributed by atoms with van der Waals surface area (Å²) < 4.78 is 0. The molecule has 2 rings (SSSR count). The first-order chi connectivity index (χ1) is 7.74. The van der Waals surface area contributed by atoms with Crippen molar-refractivity contribution in [2.75, 3.05) is 5.32 Å². The number of pyridine rings is 1. The van der Waals surface area contributed by atoms with Crippen LogP contribution in [0.4, 0.5) is 5.82 Å². The number of amides is 1. The smallest absolute Gasteiger partial charge is 0.225 e. The molecule has 1 heterocycles. The Morgan fingerprint density at radius 3 is 2.81 bits per heavy atom. The lowest BCUT2D eigenvalue weighted by molar-refractivity contribution is -0.117. The van der Waals surface area contributed by atoms with Crippen LogP contribution in [0.1, 0.15) is 32.1 Å². The van der Waals surface area contributed by atoms with Crippen molar-refractivity contribution in [3.05, 3.63) is 23.4 Å². The maximum Gasteiger partial charge on any atom is 0.225 e. The van der Waals surface area contributed by atoms with Gasteiger partial charge in [0.1, 0.15) is 5.82 Å². The maximum atomic E-state index is 11.7. The molecule has 0 spiro atoms. The van der Waals surface area contributed by atoms with Crippen LogP contribution in [-0.4, -0.2) is 10.9 Å². The van der Waals surface area contributed by atoms with E-state index in [0.29, 0.717) is 23.2 Å². The quantitative estimate of drug-likeness (QED) is 0.878. The first-order valence-electron chi connectivity index (χ1n) is 5.65. The number of aromatic nitrogens is 1. The summed E-state index contributed by atoms with van der Waals surface area (Å²) in [6, 6.07) is 3.44. The molecule has 1 saturated carbocycles. The molecule has 1 aromatic rings. The fourth-order valence-electron chi connectivity index (χ4n) is 2.12. The Bertz CT molecular complexity index is 358. The molecule has 1 fully saturated rings. The molecule has 16 heavy (non-hydrogen) atoms. The minimum absolute atomic E-state index is 0.0572. The van der Waals surface area contributed by atoms with Crippen molar-refractivity contribution >= 4 is 23.3 Å². The number of rotatable bonds is 3. The lowest BCUT2D eigenvalue weighted by Gasteiger charge is -2.08. The van der Waals surface area contributed by atoms with E-state index in [2.05, 4.69) is 10.3 Å². The van der Waals surface area contributed by atoms with Crippen molar-refractivity contribution in [2.45, 2.75) is 32.1 Å². The van der Waals surface area contributed by atoms with Gasteiger partial charge in [-0.3, -0.25) is 4.79 Å². The van der Waals surface area contributed by atoms with Crippen LogP contribution in [-0.2, 0) is 4.79 Å². The van der Waals surface area contributed by atoms with E-state index in [0.717, 1.165) is 0 Å². The van der Waals surface area contributed by atoms with Crippen molar-refractivity contribution in [3.8, 4) is 0 Å². The molecule has 0 saturated heterocycles. The molecule has 86 valence electrons. The molecular formula is C12H15ClN2O. The molecule has 1 amide bonds. The molecule has 1 aromatic heterocycles. The van der Waals surface area contributed by atoms with Gasteiger partial charge in [0.05, 0.1) is 5.02 Å².